The van der Waals surface area contributed by atoms with Crippen LogP contribution in [0.5, 0.6) is 11.8 Å². The average Bonchev–Trinajstić information content (AvgIpc) is 3.51. The number of halogens is 3. The molecule has 1 unspecified atom stereocenters. The molecule has 0 bridgehead atoms. The van der Waals surface area contributed by atoms with Gasteiger partial charge in [-0.3, -0.25) is 9.88 Å². The van der Waals surface area contributed by atoms with E-state index in [4.69, 9.17) is 31.3 Å². The van der Waals surface area contributed by atoms with Crippen molar-refractivity contribution in [2.24, 2.45) is 0 Å². The largest absolute Gasteiger partial charge is 0.508 e. The first-order chi connectivity index (χ1) is 21.1. The Labute approximate surface area is 259 Å². The van der Waals surface area contributed by atoms with Gasteiger partial charge < -0.3 is 19.8 Å². The predicted molar refractivity (Wildman–Crippen MR) is 167 cm³/mol. The summed E-state index contributed by atoms with van der Waals surface area (Å²) in [5, 5.41) is 23.6. The van der Waals surface area contributed by atoms with E-state index >= 15 is 0 Å². The van der Waals surface area contributed by atoms with E-state index in [9.17, 15) is 19.0 Å². The van der Waals surface area contributed by atoms with Crippen molar-refractivity contribution in [2.45, 2.75) is 69.7 Å². The zero-order valence-corrected chi connectivity index (χ0v) is 25.7. The number of hydrogen-bond donors (Lipinski definition) is 2. The molecule has 2 N–H and O–H groups in total. The SMILES string of the molecule is CCc1c(F)ccc2cc(O)cc(-c3ncc4c(N5CCC[C@@](C)(O)C5)nc(OCC56CCCN5C[C@H](F)C6)nc4c3Cl)c12. The molecule has 4 aromatic rings. The van der Waals surface area contributed by atoms with Crippen LogP contribution >= 0.6 is 11.6 Å². The Balaban J connectivity index is 1.38. The highest BCUT2D eigenvalue weighted by Gasteiger charge is 2.49. The smallest absolute Gasteiger partial charge is 0.319 e. The number of nitrogens with zero attached hydrogens (tertiary/aromatic N) is 5. The van der Waals surface area contributed by atoms with Gasteiger partial charge in [0.2, 0.25) is 0 Å². The van der Waals surface area contributed by atoms with Crippen molar-refractivity contribution in [3.05, 3.63) is 46.9 Å². The molecule has 3 aliphatic rings. The highest BCUT2D eigenvalue weighted by atomic mass is 35.5. The Morgan fingerprint density at radius 3 is 2.77 bits per heavy atom. The summed E-state index contributed by atoms with van der Waals surface area (Å²) in [6, 6.07) is 6.28. The van der Waals surface area contributed by atoms with Gasteiger partial charge in [0.25, 0.3) is 0 Å². The molecule has 3 saturated heterocycles. The number of aliphatic hydroxyl groups is 1. The van der Waals surface area contributed by atoms with Crippen molar-refractivity contribution < 1.29 is 23.7 Å². The number of aromatic nitrogens is 3. The second-order valence-electron chi connectivity index (χ2n) is 12.9. The summed E-state index contributed by atoms with van der Waals surface area (Å²) in [6.07, 6.45) is 4.87. The minimum atomic E-state index is -0.905. The first-order valence-electron chi connectivity index (χ1n) is 15.4. The van der Waals surface area contributed by atoms with E-state index in [1.54, 1.807) is 24.4 Å². The first kappa shape index (κ1) is 29.4. The van der Waals surface area contributed by atoms with E-state index in [1.807, 2.05) is 18.7 Å². The van der Waals surface area contributed by atoms with Crippen molar-refractivity contribution in [1.82, 2.24) is 19.9 Å². The third-order valence-electron chi connectivity index (χ3n) is 9.61. The topological polar surface area (TPSA) is 94.8 Å². The molecule has 11 heteroatoms. The van der Waals surface area contributed by atoms with Crippen molar-refractivity contribution in [1.29, 1.82) is 0 Å². The summed E-state index contributed by atoms with van der Waals surface area (Å²) in [6.45, 7) is 6.21. The third-order valence-corrected chi connectivity index (χ3v) is 9.97. The number of piperidine rings is 1. The molecule has 0 radical (unpaired) electrons. The van der Waals surface area contributed by atoms with Gasteiger partial charge in [-0.05, 0) is 80.1 Å². The van der Waals surface area contributed by atoms with E-state index in [1.165, 1.54) is 6.07 Å². The molecule has 0 amide bonds. The zero-order chi connectivity index (χ0) is 30.8. The highest BCUT2D eigenvalue weighted by Crippen LogP contribution is 2.43. The minimum absolute atomic E-state index is 0.00479. The molecule has 7 rings (SSSR count). The average molecular weight is 624 g/mol. The summed E-state index contributed by atoms with van der Waals surface area (Å²) >= 11 is 7.13. The number of benzene rings is 2. The van der Waals surface area contributed by atoms with Gasteiger partial charge in [0.05, 0.1) is 27.2 Å². The maximum atomic E-state index is 15.0. The maximum Gasteiger partial charge on any atom is 0.319 e. The number of pyridine rings is 1. The summed E-state index contributed by atoms with van der Waals surface area (Å²) in [7, 11) is 0. The van der Waals surface area contributed by atoms with Crippen LogP contribution in [-0.2, 0) is 6.42 Å². The number of aryl methyl sites for hydroxylation is 1. The van der Waals surface area contributed by atoms with Crippen molar-refractivity contribution >= 4 is 39.1 Å². The van der Waals surface area contributed by atoms with E-state index in [0.29, 0.717) is 83.2 Å². The van der Waals surface area contributed by atoms with Gasteiger partial charge in [0, 0.05) is 37.8 Å². The maximum absolute atomic E-state index is 15.0. The van der Waals surface area contributed by atoms with Crippen LogP contribution in [0.1, 0.15) is 51.5 Å². The number of fused-ring (bicyclic) bond motifs is 3. The number of aromatic hydroxyl groups is 1. The van der Waals surface area contributed by atoms with Crippen LogP contribution in [0.4, 0.5) is 14.6 Å². The number of alkyl halides is 1. The third kappa shape index (κ3) is 5.01. The fourth-order valence-corrected chi connectivity index (χ4v) is 7.89. The molecule has 44 heavy (non-hydrogen) atoms. The number of phenolic OH excluding ortho intramolecular Hbond substituents is 1. The van der Waals surface area contributed by atoms with E-state index in [-0.39, 0.29) is 34.7 Å². The Morgan fingerprint density at radius 2 is 1.98 bits per heavy atom. The molecule has 8 nitrogen and oxygen atoms in total. The Kier molecular flexibility index (Phi) is 7.29. The van der Waals surface area contributed by atoms with Gasteiger partial charge >= 0.3 is 6.01 Å². The molecule has 3 fully saturated rings. The van der Waals surface area contributed by atoms with Gasteiger partial charge in [0.15, 0.2) is 0 Å². The molecule has 5 heterocycles. The van der Waals surface area contributed by atoms with E-state index < -0.39 is 11.8 Å². The molecular weight excluding hydrogens is 588 g/mol. The molecular formula is C33H36ClF2N5O3. The van der Waals surface area contributed by atoms with Gasteiger partial charge in [-0.2, -0.15) is 9.97 Å². The van der Waals surface area contributed by atoms with Gasteiger partial charge in [0.1, 0.15) is 35.7 Å². The second-order valence-corrected chi connectivity index (χ2v) is 13.2. The van der Waals surface area contributed by atoms with Crippen LogP contribution in [-0.4, -0.2) is 80.2 Å². The molecule has 0 saturated carbocycles. The monoisotopic (exact) mass is 623 g/mol. The van der Waals surface area contributed by atoms with Gasteiger partial charge in [-0.15, -0.1) is 0 Å². The lowest BCUT2D eigenvalue weighted by Crippen LogP contribution is -2.46. The fourth-order valence-electron chi connectivity index (χ4n) is 7.60. The van der Waals surface area contributed by atoms with Crippen LogP contribution in [0.2, 0.25) is 5.02 Å². The van der Waals surface area contributed by atoms with E-state index in [2.05, 4.69) is 4.90 Å². The number of ether oxygens (including phenoxy) is 1. The normalized spacial score (nSPS) is 25.7. The van der Waals surface area contributed by atoms with Crippen molar-refractivity contribution in [3.63, 3.8) is 0 Å². The molecule has 0 spiro atoms. The highest BCUT2D eigenvalue weighted by molar-refractivity contribution is 6.38. The number of β-amino-alcohol motifs (C(OH)–C–C–N with tert-alkyl or cyclic N) is 1. The van der Waals surface area contributed by atoms with Crippen LogP contribution in [0.25, 0.3) is 32.9 Å². The second kappa shape index (κ2) is 10.9. The Morgan fingerprint density at radius 1 is 1.16 bits per heavy atom. The van der Waals surface area contributed by atoms with Gasteiger partial charge in [-0.1, -0.05) is 24.6 Å². The van der Waals surface area contributed by atoms with Gasteiger partial charge in [-0.25, -0.2) is 8.78 Å². The summed E-state index contributed by atoms with van der Waals surface area (Å²) < 4.78 is 35.7. The molecule has 2 aromatic heterocycles. The zero-order valence-electron chi connectivity index (χ0n) is 24.9. The lowest BCUT2D eigenvalue weighted by molar-refractivity contribution is 0.0447. The quantitative estimate of drug-likeness (QED) is 0.262. The molecule has 3 atom stereocenters. The number of phenols is 1. The fraction of sp³-hybridized carbons (Fsp3) is 0.485. The van der Waals surface area contributed by atoms with Crippen LogP contribution < -0.4 is 9.64 Å². The molecule has 0 aliphatic carbocycles. The summed E-state index contributed by atoms with van der Waals surface area (Å²) in [5.41, 5.74) is 0.439. The molecule has 3 aliphatic heterocycles. The lowest BCUT2D eigenvalue weighted by Gasteiger charge is -2.38. The van der Waals surface area contributed by atoms with E-state index in [0.717, 1.165) is 25.8 Å². The summed E-state index contributed by atoms with van der Waals surface area (Å²) in [5.74, 6) is 0.205. The number of rotatable bonds is 6. The number of anilines is 1. The lowest BCUT2D eigenvalue weighted by atomic mass is 9.94. The summed E-state index contributed by atoms with van der Waals surface area (Å²) in [4.78, 5) is 18.5. The number of hydrogen-bond acceptors (Lipinski definition) is 8. The molecule has 232 valence electrons. The van der Waals surface area contributed by atoms with Crippen molar-refractivity contribution in [3.8, 4) is 23.0 Å². The minimum Gasteiger partial charge on any atom is -0.508 e. The first-order valence-corrected chi connectivity index (χ1v) is 15.8. The van der Waals surface area contributed by atoms with Crippen molar-refractivity contribution in [2.75, 3.05) is 37.7 Å². The van der Waals surface area contributed by atoms with Crippen LogP contribution in [0.15, 0.2) is 30.5 Å². The Hall–Kier alpha value is -3.34. The predicted octanol–water partition coefficient (Wildman–Crippen LogP) is 6.21. The van der Waals surface area contributed by atoms with Crippen LogP contribution in [0.3, 0.4) is 0 Å². The molecule has 2 aromatic carbocycles. The van der Waals surface area contributed by atoms with Crippen LogP contribution in [0, 0.1) is 5.82 Å². The Bertz CT molecular complexity index is 1770. The standard InChI is InChI=1S/C33H36ClF2N5O3/c1-3-22-25(36)7-6-19-12-21(42)13-23(26(19)22)28-27(34)29-24(15-37-28)30(40-10-4-8-32(2,43)17-40)39-31(38-29)44-18-33-9-5-11-41(33)16-20(35)14-33/h6-7,12-13,15,20,42-43H,3-5,8-11,14,16-18H2,1-2H3/t20-,32-,33?/m1/s1.